The lowest BCUT2D eigenvalue weighted by Gasteiger charge is -2.31. The minimum atomic E-state index is -0.138. The number of anilines is 1. The zero-order chi connectivity index (χ0) is 21.1. The second-order valence-corrected chi connectivity index (χ2v) is 7.98. The molecular weight excluding hydrogens is 402 g/mol. The lowest BCUT2D eigenvalue weighted by molar-refractivity contribution is -0.117. The zero-order valence-corrected chi connectivity index (χ0v) is 17.5. The summed E-state index contributed by atoms with van der Waals surface area (Å²) in [5.74, 6) is 0.920. The molecule has 0 atom stereocenters. The lowest BCUT2D eigenvalue weighted by Crippen LogP contribution is -2.39. The number of amides is 1. The Bertz CT molecular complexity index is 1070. The SMILES string of the molecule is Cn1nc(C2CCN(CC(=O)Nc3ccc(Cl)cc3)CC2)n(-c2ccccc2)c1=O. The Morgan fingerprint density at radius 3 is 2.43 bits per heavy atom. The van der Waals surface area contributed by atoms with Crippen LogP contribution in [0.3, 0.4) is 0 Å². The van der Waals surface area contributed by atoms with E-state index in [-0.39, 0.29) is 17.5 Å². The molecule has 1 amide bonds. The number of aromatic nitrogens is 3. The number of benzene rings is 2. The number of carbonyl (C=O) groups excluding carboxylic acids is 1. The quantitative estimate of drug-likeness (QED) is 0.682. The minimum Gasteiger partial charge on any atom is -0.325 e. The Morgan fingerprint density at radius 1 is 1.10 bits per heavy atom. The van der Waals surface area contributed by atoms with E-state index in [9.17, 15) is 9.59 Å². The fourth-order valence-electron chi connectivity index (χ4n) is 3.85. The van der Waals surface area contributed by atoms with Crippen molar-refractivity contribution in [2.45, 2.75) is 18.8 Å². The Labute approximate surface area is 179 Å². The van der Waals surface area contributed by atoms with Gasteiger partial charge in [-0.15, -0.1) is 0 Å². The van der Waals surface area contributed by atoms with Crippen molar-refractivity contribution in [1.82, 2.24) is 19.2 Å². The molecular formula is C22H24ClN5O2. The summed E-state index contributed by atoms with van der Waals surface area (Å²) in [5.41, 5.74) is 1.43. The molecule has 3 aromatic rings. The van der Waals surface area contributed by atoms with Gasteiger partial charge in [-0.3, -0.25) is 9.69 Å². The monoisotopic (exact) mass is 425 g/mol. The van der Waals surface area contributed by atoms with Crippen molar-refractivity contribution < 1.29 is 4.79 Å². The summed E-state index contributed by atoms with van der Waals surface area (Å²) in [4.78, 5) is 27.1. The Morgan fingerprint density at radius 2 is 1.77 bits per heavy atom. The zero-order valence-electron chi connectivity index (χ0n) is 16.8. The number of para-hydroxylation sites is 1. The molecule has 1 fully saturated rings. The Kier molecular flexibility index (Phi) is 6.01. The predicted molar refractivity (Wildman–Crippen MR) is 117 cm³/mol. The van der Waals surface area contributed by atoms with Gasteiger partial charge >= 0.3 is 5.69 Å². The summed E-state index contributed by atoms with van der Waals surface area (Å²) >= 11 is 5.88. The third kappa shape index (κ3) is 4.47. The van der Waals surface area contributed by atoms with E-state index < -0.39 is 0 Å². The molecule has 1 aliphatic heterocycles. The highest BCUT2D eigenvalue weighted by molar-refractivity contribution is 6.30. The number of halogens is 1. The molecule has 0 bridgehead atoms. The Hall–Kier alpha value is -2.90. The van der Waals surface area contributed by atoms with E-state index in [1.807, 2.05) is 30.3 Å². The van der Waals surface area contributed by atoms with E-state index in [2.05, 4.69) is 15.3 Å². The van der Waals surface area contributed by atoms with Gasteiger partial charge in [0.15, 0.2) is 0 Å². The topological polar surface area (TPSA) is 72.2 Å². The standard InChI is InChI=1S/C22H24ClN5O2/c1-26-22(30)28(19-5-3-2-4-6-19)21(25-26)16-11-13-27(14-12-16)15-20(29)24-18-9-7-17(23)8-10-18/h2-10,16H,11-15H2,1H3,(H,24,29). The van der Waals surface area contributed by atoms with Crippen molar-refractivity contribution in [3.8, 4) is 5.69 Å². The van der Waals surface area contributed by atoms with Crippen LogP contribution in [0.15, 0.2) is 59.4 Å². The number of nitrogens with zero attached hydrogens (tertiary/aromatic N) is 4. The number of hydrogen-bond acceptors (Lipinski definition) is 4. The van der Waals surface area contributed by atoms with E-state index in [1.165, 1.54) is 4.68 Å². The molecule has 0 unspecified atom stereocenters. The van der Waals surface area contributed by atoms with Crippen LogP contribution in [-0.4, -0.2) is 44.8 Å². The predicted octanol–water partition coefficient (Wildman–Crippen LogP) is 3.04. The van der Waals surface area contributed by atoms with Crippen LogP contribution < -0.4 is 11.0 Å². The van der Waals surface area contributed by atoms with Crippen LogP contribution in [0.4, 0.5) is 5.69 Å². The van der Waals surface area contributed by atoms with Gasteiger partial charge in [0.25, 0.3) is 0 Å². The van der Waals surface area contributed by atoms with Crippen LogP contribution in [0.2, 0.25) is 5.02 Å². The van der Waals surface area contributed by atoms with Crippen molar-refractivity contribution in [3.05, 3.63) is 75.9 Å². The number of carbonyl (C=O) groups is 1. The molecule has 1 N–H and O–H groups in total. The number of aryl methyl sites for hydroxylation is 1. The number of nitrogens with one attached hydrogen (secondary N) is 1. The van der Waals surface area contributed by atoms with E-state index >= 15 is 0 Å². The molecule has 0 aliphatic carbocycles. The molecule has 8 heteroatoms. The Balaban J connectivity index is 1.39. The van der Waals surface area contributed by atoms with Crippen LogP contribution >= 0.6 is 11.6 Å². The van der Waals surface area contributed by atoms with Gasteiger partial charge in [-0.05, 0) is 62.3 Å². The molecule has 156 valence electrons. The van der Waals surface area contributed by atoms with E-state index in [4.69, 9.17) is 11.6 Å². The van der Waals surface area contributed by atoms with E-state index in [0.29, 0.717) is 11.6 Å². The van der Waals surface area contributed by atoms with Crippen molar-refractivity contribution in [2.24, 2.45) is 7.05 Å². The van der Waals surface area contributed by atoms with E-state index in [1.54, 1.807) is 35.9 Å². The third-order valence-corrected chi connectivity index (χ3v) is 5.66. The molecule has 4 rings (SSSR count). The van der Waals surface area contributed by atoms with Crippen molar-refractivity contribution >= 4 is 23.2 Å². The molecule has 7 nitrogen and oxygen atoms in total. The fourth-order valence-corrected chi connectivity index (χ4v) is 3.98. The highest BCUT2D eigenvalue weighted by Gasteiger charge is 2.27. The fraction of sp³-hybridized carbons (Fsp3) is 0.318. The van der Waals surface area contributed by atoms with Crippen molar-refractivity contribution in [3.63, 3.8) is 0 Å². The van der Waals surface area contributed by atoms with Gasteiger partial charge in [0.1, 0.15) is 5.82 Å². The molecule has 0 saturated carbocycles. The summed E-state index contributed by atoms with van der Waals surface area (Å²) < 4.78 is 3.10. The summed E-state index contributed by atoms with van der Waals surface area (Å²) in [7, 11) is 1.68. The smallest absolute Gasteiger partial charge is 0.325 e. The van der Waals surface area contributed by atoms with Gasteiger partial charge in [0, 0.05) is 23.7 Å². The highest BCUT2D eigenvalue weighted by atomic mass is 35.5. The number of rotatable bonds is 5. The van der Waals surface area contributed by atoms with Gasteiger partial charge in [0.05, 0.1) is 12.2 Å². The maximum absolute atomic E-state index is 12.6. The van der Waals surface area contributed by atoms with Crippen LogP contribution in [0.5, 0.6) is 0 Å². The molecule has 1 aliphatic rings. The summed E-state index contributed by atoms with van der Waals surface area (Å²) in [6.07, 6.45) is 1.69. The van der Waals surface area contributed by atoms with Crippen LogP contribution in [-0.2, 0) is 11.8 Å². The van der Waals surface area contributed by atoms with E-state index in [0.717, 1.165) is 43.1 Å². The second-order valence-electron chi connectivity index (χ2n) is 7.54. The summed E-state index contributed by atoms with van der Waals surface area (Å²) in [5, 5.41) is 8.06. The summed E-state index contributed by atoms with van der Waals surface area (Å²) in [6.45, 7) is 1.89. The first-order chi connectivity index (χ1) is 14.5. The highest BCUT2D eigenvalue weighted by Crippen LogP contribution is 2.27. The van der Waals surface area contributed by atoms with Crippen LogP contribution in [0, 0.1) is 0 Å². The first kappa shape index (κ1) is 20.4. The minimum absolute atomic E-state index is 0.0465. The number of piperidine rings is 1. The number of hydrogen-bond donors (Lipinski definition) is 1. The van der Waals surface area contributed by atoms with Gasteiger partial charge in [-0.2, -0.15) is 5.10 Å². The van der Waals surface area contributed by atoms with Crippen molar-refractivity contribution in [1.29, 1.82) is 0 Å². The summed E-state index contributed by atoms with van der Waals surface area (Å²) in [6, 6.07) is 16.7. The molecule has 30 heavy (non-hydrogen) atoms. The third-order valence-electron chi connectivity index (χ3n) is 5.41. The number of likely N-dealkylation sites (tertiary alicyclic amines) is 1. The molecule has 2 heterocycles. The van der Waals surface area contributed by atoms with Crippen molar-refractivity contribution in [2.75, 3.05) is 25.0 Å². The molecule has 0 spiro atoms. The average molecular weight is 426 g/mol. The molecule has 1 saturated heterocycles. The lowest BCUT2D eigenvalue weighted by atomic mass is 9.95. The van der Waals surface area contributed by atoms with Gasteiger partial charge in [-0.25, -0.2) is 14.0 Å². The second kappa shape index (κ2) is 8.85. The first-order valence-corrected chi connectivity index (χ1v) is 10.4. The maximum atomic E-state index is 12.6. The van der Waals surface area contributed by atoms with Gasteiger partial charge < -0.3 is 5.32 Å². The molecule has 1 aromatic heterocycles. The molecule has 2 aromatic carbocycles. The maximum Gasteiger partial charge on any atom is 0.350 e. The largest absolute Gasteiger partial charge is 0.350 e. The normalized spacial score (nSPS) is 15.3. The van der Waals surface area contributed by atoms with Crippen LogP contribution in [0.25, 0.3) is 5.69 Å². The van der Waals surface area contributed by atoms with Gasteiger partial charge in [-0.1, -0.05) is 29.8 Å². The molecule has 0 radical (unpaired) electrons. The average Bonchev–Trinajstić information content (AvgIpc) is 3.05. The van der Waals surface area contributed by atoms with Crippen LogP contribution in [0.1, 0.15) is 24.6 Å². The first-order valence-electron chi connectivity index (χ1n) is 10.0. The van der Waals surface area contributed by atoms with Gasteiger partial charge in [0.2, 0.25) is 5.91 Å².